The van der Waals surface area contributed by atoms with Crippen LogP contribution < -0.4 is 9.80 Å². The van der Waals surface area contributed by atoms with Crippen LogP contribution in [0.1, 0.15) is 11.1 Å². The van der Waals surface area contributed by atoms with E-state index in [1.165, 1.54) is 0 Å². The third kappa shape index (κ3) is 2.85. The lowest BCUT2D eigenvalue weighted by molar-refractivity contribution is -0.111. The average Bonchev–Trinajstić information content (AvgIpc) is 2.81. The number of carbonyl (C=O) groups excluding carboxylic acids is 1. The molecule has 0 aromatic heterocycles. The first-order valence-electron chi connectivity index (χ1n) is 7.34. The van der Waals surface area contributed by atoms with E-state index in [9.17, 15) is 4.79 Å². The molecular formula is C18H18N4O. The standard InChI is InChI=1S/C18H18N4O/c1-21(2)14-10-8-13(9-11-14)12-19-20-17-15-6-4-5-7-16(15)22(3)18(17)23/h4-12H,1-3H3. The molecule has 2 aromatic carbocycles. The Bertz CT molecular complexity index is 791. The van der Waals surface area contributed by atoms with Crippen LogP contribution in [0.2, 0.25) is 0 Å². The van der Waals surface area contributed by atoms with Gasteiger partial charge in [-0.2, -0.15) is 5.10 Å². The number of nitrogens with zero attached hydrogens (tertiary/aromatic N) is 4. The highest BCUT2D eigenvalue weighted by atomic mass is 16.2. The topological polar surface area (TPSA) is 48.3 Å². The van der Waals surface area contributed by atoms with Crippen molar-refractivity contribution in [2.24, 2.45) is 10.2 Å². The second-order valence-corrected chi connectivity index (χ2v) is 5.56. The predicted octanol–water partition coefficient (Wildman–Crippen LogP) is 2.55. The first kappa shape index (κ1) is 15.0. The molecule has 0 fully saturated rings. The van der Waals surface area contributed by atoms with Crippen LogP contribution in [0.3, 0.4) is 0 Å². The zero-order valence-electron chi connectivity index (χ0n) is 13.4. The Morgan fingerprint density at radius 2 is 1.74 bits per heavy atom. The van der Waals surface area contributed by atoms with Crippen LogP contribution in [0.15, 0.2) is 58.7 Å². The largest absolute Gasteiger partial charge is 0.378 e. The minimum atomic E-state index is -0.133. The van der Waals surface area contributed by atoms with Crippen LogP contribution in [-0.2, 0) is 4.79 Å². The maximum Gasteiger partial charge on any atom is 0.279 e. The molecule has 1 amide bonds. The quantitative estimate of drug-likeness (QED) is 0.646. The van der Waals surface area contributed by atoms with Gasteiger partial charge in [0, 0.05) is 32.4 Å². The molecular weight excluding hydrogens is 288 g/mol. The molecule has 5 heteroatoms. The highest BCUT2D eigenvalue weighted by Gasteiger charge is 2.30. The maximum atomic E-state index is 12.2. The molecule has 0 N–H and O–H groups in total. The molecule has 0 spiro atoms. The molecule has 0 bridgehead atoms. The van der Waals surface area contributed by atoms with Gasteiger partial charge in [0.25, 0.3) is 5.91 Å². The number of hydrogen-bond acceptors (Lipinski definition) is 4. The second kappa shape index (κ2) is 6.04. The fourth-order valence-electron chi connectivity index (χ4n) is 2.46. The zero-order valence-corrected chi connectivity index (χ0v) is 13.4. The molecule has 0 aliphatic carbocycles. The third-order valence-electron chi connectivity index (χ3n) is 3.80. The number of likely N-dealkylation sites (N-methyl/N-ethyl adjacent to an activating group) is 1. The van der Waals surface area contributed by atoms with Crippen LogP contribution in [0.4, 0.5) is 11.4 Å². The van der Waals surface area contributed by atoms with Gasteiger partial charge in [0.1, 0.15) is 0 Å². The summed E-state index contributed by atoms with van der Waals surface area (Å²) in [6.07, 6.45) is 1.65. The van der Waals surface area contributed by atoms with Crippen LogP contribution in [0.5, 0.6) is 0 Å². The normalized spacial score (nSPS) is 15.5. The summed E-state index contributed by atoms with van der Waals surface area (Å²) < 4.78 is 0. The number of hydrogen-bond donors (Lipinski definition) is 0. The maximum absolute atomic E-state index is 12.2. The summed E-state index contributed by atoms with van der Waals surface area (Å²) in [5.74, 6) is -0.133. The summed E-state index contributed by atoms with van der Waals surface area (Å²) in [7, 11) is 5.73. The smallest absolute Gasteiger partial charge is 0.279 e. The van der Waals surface area contributed by atoms with E-state index in [0.29, 0.717) is 5.71 Å². The Kier molecular flexibility index (Phi) is 3.93. The molecule has 5 nitrogen and oxygen atoms in total. The lowest BCUT2D eigenvalue weighted by atomic mass is 10.1. The van der Waals surface area contributed by atoms with Gasteiger partial charge in [-0.1, -0.05) is 30.3 Å². The minimum absolute atomic E-state index is 0.133. The molecule has 0 unspecified atom stereocenters. The molecule has 3 rings (SSSR count). The number of carbonyl (C=O) groups is 1. The van der Waals surface area contributed by atoms with Crippen molar-refractivity contribution in [3.05, 3.63) is 59.7 Å². The Labute approximate surface area is 135 Å². The van der Waals surface area contributed by atoms with E-state index in [1.807, 2.05) is 67.5 Å². The third-order valence-corrected chi connectivity index (χ3v) is 3.80. The van der Waals surface area contributed by atoms with E-state index in [-0.39, 0.29) is 5.91 Å². The SMILES string of the molecule is CN(C)c1ccc(C=NN=C2C(=O)N(C)c3ccccc32)cc1. The van der Waals surface area contributed by atoms with Crippen molar-refractivity contribution in [3.63, 3.8) is 0 Å². The van der Waals surface area contributed by atoms with Crippen molar-refractivity contribution in [3.8, 4) is 0 Å². The molecule has 0 atom stereocenters. The van der Waals surface area contributed by atoms with Crippen molar-refractivity contribution in [2.75, 3.05) is 30.9 Å². The van der Waals surface area contributed by atoms with Gasteiger partial charge in [0.05, 0.1) is 11.9 Å². The molecule has 116 valence electrons. The summed E-state index contributed by atoms with van der Waals surface area (Å²) in [4.78, 5) is 15.9. The van der Waals surface area contributed by atoms with Crippen molar-refractivity contribution in [1.29, 1.82) is 0 Å². The van der Waals surface area contributed by atoms with Gasteiger partial charge in [0.2, 0.25) is 0 Å². The molecule has 1 heterocycles. The predicted molar refractivity (Wildman–Crippen MR) is 94.8 cm³/mol. The van der Waals surface area contributed by atoms with Crippen molar-refractivity contribution < 1.29 is 4.79 Å². The summed E-state index contributed by atoms with van der Waals surface area (Å²) >= 11 is 0. The monoisotopic (exact) mass is 306 g/mol. The van der Waals surface area contributed by atoms with Crippen LogP contribution >= 0.6 is 0 Å². The summed E-state index contributed by atoms with van der Waals surface area (Å²) in [5, 5.41) is 8.22. The lowest BCUT2D eigenvalue weighted by Gasteiger charge is -2.11. The number of amides is 1. The second-order valence-electron chi connectivity index (χ2n) is 5.56. The summed E-state index contributed by atoms with van der Waals surface area (Å²) in [5.41, 5.74) is 4.12. The number of anilines is 2. The fraction of sp³-hybridized carbons (Fsp3) is 0.167. The lowest BCUT2D eigenvalue weighted by Crippen LogP contribution is -2.25. The van der Waals surface area contributed by atoms with Crippen LogP contribution in [0.25, 0.3) is 0 Å². The van der Waals surface area contributed by atoms with E-state index in [1.54, 1.807) is 18.2 Å². The van der Waals surface area contributed by atoms with Gasteiger partial charge in [-0.25, -0.2) is 0 Å². The van der Waals surface area contributed by atoms with Gasteiger partial charge in [-0.05, 0) is 23.8 Å². The Balaban J connectivity index is 1.84. The summed E-state index contributed by atoms with van der Waals surface area (Å²) in [6, 6.07) is 15.5. The minimum Gasteiger partial charge on any atom is -0.378 e. The summed E-state index contributed by atoms with van der Waals surface area (Å²) in [6.45, 7) is 0. The Hall–Kier alpha value is -2.95. The number of para-hydroxylation sites is 1. The van der Waals surface area contributed by atoms with E-state index in [4.69, 9.17) is 0 Å². The van der Waals surface area contributed by atoms with Crippen molar-refractivity contribution in [2.45, 2.75) is 0 Å². The molecule has 1 aliphatic rings. The zero-order chi connectivity index (χ0) is 16.4. The van der Waals surface area contributed by atoms with E-state index in [0.717, 1.165) is 22.5 Å². The van der Waals surface area contributed by atoms with Crippen LogP contribution in [-0.4, -0.2) is 39.0 Å². The van der Waals surface area contributed by atoms with Gasteiger partial charge in [-0.3, -0.25) is 4.79 Å². The Morgan fingerprint density at radius 1 is 1.04 bits per heavy atom. The van der Waals surface area contributed by atoms with Gasteiger partial charge >= 0.3 is 0 Å². The number of benzene rings is 2. The van der Waals surface area contributed by atoms with Crippen molar-refractivity contribution in [1.82, 2.24) is 0 Å². The fourth-order valence-corrected chi connectivity index (χ4v) is 2.46. The molecule has 2 aromatic rings. The average molecular weight is 306 g/mol. The van der Waals surface area contributed by atoms with Crippen LogP contribution in [0, 0.1) is 0 Å². The molecule has 0 saturated heterocycles. The first-order chi connectivity index (χ1) is 11.1. The number of fused-ring (bicyclic) bond motifs is 1. The Morgan fingerprint density at radius 3 is 2.43 bits per heavy atom. The van der Waals surface area contributed by atoms with Crippen molar-refractivity contribution >= 4 is 29.2 Å². The van der Waals surface area contributed by atoms with Gasteiger partial charge < -0.3 is 9.80 Å². The van der Waals surface area contributed by atoms with E-state index < -0.39 is 0 Å². The molecule has 1 aliphatic heterocycles. The molecule has 0 radical (unpaired) electrons. The van der Waals surface area contributed by atoms with Gasteiger partial charge in [-0.15, -0.1) is 5.10 Å². The van der Waals surface area contributed by atoms with Gasteiger partial charge in [0.15, 0.2) is 5.71 Å². The highest BCUT2D eigenvalue weighted by Crippen LogP contribution is 2.27. The van der Waals surface area contributed by atoms with E-state index >= 15 is 0 Å². The molecule has 0 saturated carbocycles. The molecule has 23 heavy (non-hydrogen) atoms. The number of rotatable bonds is 3. The first-order valence-corrected chi connectivity index (χ1v) is 7.34. The van der Waals surface area contributed by atoms with E-state index in [2.05, 4.69) is 10.2 Å². The highest BCUT2D eigenvalue weighted by molar-refractivity contribution is 6.54.